The first-order valence-corrected chi connectivity index (χ1v) is 6.70. The fourth-order valence-corrected chi connectivity index (χ4v) is 2.79. The van der Waals surface area contributed by atoms with E-state index in [4.69, 9.17) is 0 Å². The van der Waals surface area contributed by atoms with Crippen molar-refractivity contribution in [2.45, 2.75) is 52.1 Å². The molecule has 0 aromatic rings. The molecule has 1 heterocycles. The van der Waals surface area contributed by atoms with Crippen LogP contribution in [0.3, 0.4) is 0 Å². The van der Waals surface area contributed by atoms with Gasteiger partial charge in [0.15, 0.2) is 0 Å². The molecular weight excluding hydrogens is 196 g/mol. The second-order valence-corrected chi connectivity index (χ2v) is 6.31. The van der Waals surface area contributed by atoms with Gasteiger partial charge in [-0.15, -0.1) is 0 Å². The highest BCUT2D eigenvalue weighted by Gasteiger charge is 2.31. The summed E-state index contributed by atoms with van der Waals surface area (Å²) in [4.78, 5) is 2.70. The number of hydrogen-bond acceptors (Lipinski definition) is 2. The summed E-state index contributed by atoms with van der Waals surface area (Å²) in [6.07, 6.45) is 8.58. The van der Waals surface area contributed by atoms with Crippen LogP contribution < -0.4 is 5.32 Å². The standard InChI is InChI=1S/C14H26N2/c1-14(2,3)13-11-16(10-9-15-13)12-7-5-4-6-8-12/h4-5,12-13,15H,6-11H2,1-3H3. The molecule has 92 valence electrons. The molecule has 1 aliphatic heterocycles. The molecule has 2 unspecified atom stereocenters. The molecule has 0 aromatic carbocycles. The van der Waals surface area contributed by atoms with Crippen LogP contribution in [0, 0.1) is 5.41 Å². The van der Waals surface area contributed by atoms with Crippen LogP contribution in [0.4, 0.5) is 0 Å². The minimum absolute atomic E-state index is 0.378. The van der Waals surface area contributed by atoms with Crippen molar-refractivity contribution in [3.05, 3.63) is 12.2 Å². The SMILES string of the molecule is CC(C)(C)C1CN(C2CC=CCC2)CCN1. The maximum Gasteiger partial charge on any atom is 0.0244 e. The Morgan fingerprint density at radius 3 is 2.69 bits per heavy atom. The molecule has 16 heavy (non-hydrogen) atoms. The third-order valence-electron chi connectivity index (χ3n) is 4.01. The van der Waals surface area contributed by atoms with Crippen molar-refractivity contribution >= 4 is 0 Å². The molecule has 1 N–H and O–H groups in total. The Hall–Kier alpha value is -0.340. The average Bonchev–Trinajstić information content (AvgIpc) is 2.29. The lowest BCUT2D eigenvalue weighted by atomic mass is 9.84. The molecule has 2 heteroatoms. The lowest BCUT2D eigenvalue weighted by Gasteiger charge is -2.44. The van der Waals surface area contributed by atoms with Crippen LogP contribution in [0.2, 0.25) is 0 Å². The fraction of sp³-hybridized carbons (Fsp3) is 0.857. The Balaban J connectivity index is 1.93. The van der Waals surface area contributed by atoms with Gasteiger partial charge in [-0.25, -0.2) is 0 Å². The van der Waals surface area contributed by atoms with Gasteiger partial charge in [-0.2, -0.15) is 0 Å². The van der Waals surface area contributed by atoms with Crippen molar-refractivity contribution in [2.24, 2.45) is 5.41 Å². The second-order valence-electron chi connectivity index (χ2n) is 6.31. The third kappa shape index (κ3) is 2.86. The molecule has 2 aliphatic rings. The first-order chi connectivity index (χ1) is 7.57. The molecule has 2 rings (SSSR count). The summed E-state index contributed by atoms with van der Waals surface area (Å²) < 4.78 is 0. The minimum atomic E-state index is 0.378. The van der Waals surface area contributed by atoms with Gasteiger partial charge >= 0.3 is 0 Å². The van der Waals surface area contributed by atoms with Gasteiger partial charge < -0.3 is 5.32 Å². The quantitative estimate of drug-likeness (QED) is 0.685. The van der Waals surface area contributed by atoms with Gasteiger partial charge in [0.25, 0.3) is 0 Å². The maximum absolute atomic E-state index is 3.67. The van der Waals surface area contributed by atoms with E-state index in [1.165, 1.54) is 32.4 Å². The monoisotopic (exact) mass is 222 g/mol. The van der Waals surface area contributed by atoms with Crippen molar-refractivity contribution in [1.29, 1.82) is 0 Å². The summed E-state index contributed by atoms with van der Waals surface area (Å²) in [7, 11) is 0. The molecule has 0 spiro atoms. The third-order valence-corrected chi connectivity index (χ3v) is 4.01. The van der Waals surface area contributed by atoms with Gasteiger partial charge in [0.05, 0.1) is 0 Å². The van der Waals surface area contributed by atoms with Gasteiger partial charge in [-0.1, -0.05) is 32.9 Å². The van der Waals surface area contributed by atoms with Crippen LogP contribution in [-0.4, -0.2) is 36.6 Å². The molecule has 0 radical (unpaired) electrons. The van der Waals surface area contributed by atoms with Gasteiger partial charge in [0, 0.05) is 31.7 Å². The molecule has 0 amide bonds. The maximum atomic E-state index is 3.67. The second kappa shape index (κ2) is 4.89. The van der Waals surface area contributed by atoms with E-state index in [0.29, 0.717) is 11.5 Å². The smallest absolute Gasteiger partial charge is 0.0244 e. The number of piperazine rings is 1. The lowest BCUT2D eigenvalue weighted by molar-refractivity contribution is 0.0932. The Bertz CT molecular complexity index is 252. The van der Waals surface area contributed by atoms with Gasteiger partial charge in [-0.05, 0) is 24.7 Å². The number of rotatable bonds is 1. The van der Waals surface area contributed by atoms with E-state index in [1.807, 2.05) is 0 Å². The normalized spacial score (nSPS) is 32.9. The predicted octanol–water partition coefficient (Wildman–Crippen LogP) is 2.42. The molecule has 0 bridgehead atoms. The van der Waals surface area contributed by atoms with Gasteiger partial charge in [0.1, 0.15) is 0 Å². The van der Waals surface area contributed by atoms with E-state index >= 15 is 0 Å². The van der Waals surface area contributed by atoms with E-state index in [0.717, 1.165) is 12.6 Å². The van der Waals surface area contributed by atoms with Crippen molar-refractivity contribution in [3.63, 3.8) is 0 Å². The summed E-state index contributed by atoms with van der Waals surface area (Å²) in [6.45, 7) is 10.6. The Kier molecular flexibility index (Phi) is 3.70. The van der Waals surface area contributed by atoms with Crippen LogP contribution in [0.1, 0.15) is 40.0 Å². The highest BCUT2D eigenvalue weighted by atomic mass is 15.2. The molecule has 1 saturated heterocycles. The average molecular weight is 222 g/mol. The minimum Gasteiger partial charge on any atom is -0.311 e. The van der Waals surface area contributed by atoms with Crippen molar-refractivity contribution < 1.29 is 0 Å². The molecule has 0 aromatic heterocycles. The molecule has 2 nitrogen and oxygen atoms in total. The largest absolute Gasteiger partial charge is 0.311 e. The summed E-state index contributed by atoms with van der Waals surface area (Å²) in [5, 5.41) is 3.67. The summed E-state index contributed by atoms with van der Waals surface area (Å²) >= 11 is 0. The number of nitrogens with zero attached hydrogens (tertiary/aromatic N) is 1. The van der Waals surface area contributed by atoms with E-state index in [2.05, 4.69) is 43.1 Å². The van der Waals surface area contributed by atoms with E-state index in [1.54, 1.807) is 0 Å². The number of hydrogen-bond donors (Lipinski definition) is 1. The summed E-state index contributed by atoms with van der Waals surface area (Å²) in [6, 6.07) is 1.45. The molecule has 1 aliphatic carbocycles. The first-order valence-electron chi connectivity index (χ1n) is 6.70. The zero-order valence-corrected chi connectivity index (χ0v) is 11.0. The van der Waals surface area contributed by atoms with E-state index in [9.17, 15) is 0 Å². The van der Waals surface area contributed by atoms with Gasteiger partial charge in [-0.3, -0.25) is 4.90 Å². The first kappa shape index (κ1) is 12.1. The van der Waals surface area contributed by atoms with Crippen LogP contribution in [-0.2, 0) is 0 Å². The highest BCUT2D eigenvalue weighted by Crippen LogP contribution is 2.25. The van der Waals surface area contributed by atoms with E-state index < -0.39 is 0 Å². The van der Waals surface area contributed by atoms with E-state index in [-0.39, 0.29) is 0 Å². The van der Waals surface area contributed by atoms with Crippen LogP contribution >= 0.6 is 0 Å². The lowest BCUT2D eigenvalue weighted by Crippen LogP contribution is -2.58. The van der Waals surface area contributed by atoms with Crippen molar-refractivity contribution in [1.82, 2.24) is 10.2 Å². The zero-order valence-electron chi connectivity index (χ0n) is 11.0. The van der Waals surface area contributed by atoms with Crippen LogP contribution in [0.5, 0.6) is 0 Å². The predicted molar refractivity (Wildman–Crippen MR) is 69.6 cm³/mol. The molecule has 0 saturated carbocycles. The number of allylic oxidation sites excluding steroid dienone is 1. The zero-order chi connectivity index (χ0) is 11.6. The van der Waals surface area contributed by atoms with Crippen LogP contribution in [0.15, 0.2) is 12.2 Å². The Labute approximate surface area is 100 Å². The molecule has 1 fully saturated rings. The Morgan fingerprint density at radius 1 is 1.25 bits per heavy atom. The highest BCUT2D eigenvalue weighted by molar-refractivity contribution is 4.97. The molecular formula is C14H26N2. The van der Waals surface area contributed by atoms with Gasteiger partial charge in [0.2, 0.25) is 0 Å². The van der Waals surface area contributed by atoms with Crippen LogP contribution in [0.25, 0.3) is 0 Å². The van der Waals surface area contributed by atoms with Crippen molar-refractivity contribution in [3.8, 4) is 0 Å². The van der Waals surface area contributed by atoms with Crippen molar-refractivity contribution in [2.75, 3.05) is 19.6 Å². The topological polar surface area (TPSA) is 15.3 Å². The number of nitrogens with one attached hydrogen (secondary N) is 1. The summed E-state index contributed by atoms with van der Waals surface area (Å²) in [5.74, 6) is 0. The Morgan fingerprint density at radius 2 is 2.06 bits per heavy atom. The summed E-state index contributed by atoms with van der Waals surface area (Å²) in [5.41, 5.74) is 0.378. The fourth-order valence-electron chi connectivity index (χ4n) is 2.79. The molecule has 2 atom stereocenters.